The van der Waals surface area contributed by atoms with Crippen molar-refractivity contribution < 1.29 is 4.79 Å². The van der Waals surface area contributed by atoms with E-state index >= 15 is 0 Å². The van der Waals surface area contributed by atoms with E-state index in [0.29, 0.717) is 11.4 Å². The summed E-state index contributed by atoms with van der Waals surface area (Å²) in [4.78, 5) is 17.3. The molecular formula is C13H16N4OS. The van der Waals surface area contributed by atoms with Crippen molar-refractivity contribution in [3.63, 3.8) is 0 Å². The van der Waals surface area contributed by atoms with E-state index in [0.717, 1.165) is 6.42 Å². The van der Waals surface area contributed by atoms with Crippen molar-refractivity contribution in [3.05, 3.63) is 46.3 Å². The highest BCUT2D eigenvalue weighted by molar-refractivity contribution is 7.09. The Morgan fingerprint density at radius 2 is 2.37 bits per heavy atom. The van der Waals surface area contributed by atoms with Crippen LogP contribution in [0.25, 0.3) is 0 Å². The van der Waals surface area contributed by atoms with E-state index in [1.807, 2.05) is 18.4 Å². The number of nitrogens with two attached hydrogens (primary N) is 1. The molecule has 1 amide bonds. The lowest BCUT2D eigenvalue weighted by Gasteiger charge is -2.13. The Kier molecular flexibility index (Phi) is 4.48. The minimum Gasteiger partial charge on any atom is -0.349 e. The lowest BCUT2D eigenvalue weighted by Crippen LogP contribution is -2.34. The van der Waals surface area contributed by atoms with Gasteiger partial charge in [0.2, 0.25) is 0 Å². The highest BCUT2D eigenvalue weighted by Crippen LogP contribution is 2.11. The Morgan fingerprint density at radius 1 is 1.53 bits per heavy atom. The molecule has 0 saturated carbocycles. The van der Waals surface area contributed by atoms with E-state index in [-0.39, 0.29) is 11.9 Å². The molecule has 2 aromatic rings. The first kappa shape index (κ1) is 13.5. The van der Waals surface area contributed by atoms with E-state index in [4.69, 9.17) is 5.84 Å². The number of rotatable bonds is 5. The first-order valence-corrected chi connectivity index (χ1v) is 6.83. The predicted octanol–water partition coefficient (Wildman–Crippen LogP) is 1.79. The zero-order valence-electron chi connectivity index (χ0n) is 10.6. The summed E-state index contributed by atoms with van der Waals surface area (Å²) in [5.41, 5.74) is 2.97. The van der Waals surface area contributed by atoms with Gasteiger partial charge in [0.05, 0.1) is 0 Å². The first-order chi connectivity index (χ1) is 9.19. The molecule has 2 aromatic heterocycles. The summed E-state index contributed by atoms with van der Waals surface area (Å²) >= 11 is 1.69. The van der Waals surface area contributed by atoms with Gasteiger partial charge in [0.15, 0.2) is 0 Å². The molecule has 0 aliphatic carbocycles. The SMILES string of the molecule is CC(Cc1cccs1)NC(=O)c1ccnc(NN)c1. The predicted molar refractivity (Wildman–Crippen MR) is 77.0 cm³/mol. The number of hydrogen-bond acceptors (Lipinski definition) is 5. The van der Waals surface area contributed by atoms with Crippen molar-refractivity contribution >= 4 is 23.1 Å². The number of nitrogens with zero attached hydrogens (tertiary/aromatic N) is 1. The van der Waals surface area contributed by atoms with Crippen LogP contribution in [0.3, 0.4) is 0 Å². The Hall–Kier alpha value is -1.92. The third kappa shape index (κ3) is 3.77. The van der Waals surface area contributed by atoms with E-state index in [1.165, 1.54) is 4.88 Å². The lowest BCUT2D eigenvalue weighted by atomic mass is 10.2. The zero-order chi connectivity index (χ0) is 13.7. The van der Waals surface area contributed by atoms with Crippen LogP contribution in [0.15, 0.2) is 35.8 Å². The summed E-state index contributed by atoms with van der Waals surface area (Å²) in [6.07, 6.45) is 2.38. The Bertz CT molecular complexity index is 541. The third-order valence-electron chi connectivity index (χ3n) is 2.63. The third-order valence-corrected chi connectivity index (χ3v) is 3.53. The van der Waals surface area contributed by atoms with Crippen LogP contribution in [-0.4, -0.2) is 16.9 Å². The molecule has 2 rings (SSSR count). The Labute approximate surface area is 115 Å². The van der Waals surface area contributed by atoms with Crippen LogP contribution in [0, 0.1) is 0 Å². The maximum Gasteiger partial charge on any atom is 0.251 e. The van der Waals surface area contributed by atoms with Crippen molar-refractivity contribution in [2.45, 2.75) is 19.4 Å². The second-order valence-electron chi connectivity index (χ2n) is 4.23. The van der Waals surface area contributed by atoms with Gasteiger partial charge in [-0.2, -0.15) is 0 Å². The number of hydrazine groups is 1. The van der Waals surface area contributed by atoms with Gasteiger partial charge >= 0.3 is 0 Å². The molecule has 0 aliphatic rings. The zero-order valence-corrected chi connectivity index (χ0v) is 11.4. The molecule has 0 saturated heterocycles. The van der Waals surface area contributed by atoms with E-state index in [1.54, 1.807) is 29.7 Å². The number of carbonyl (C=O) groups is 1. The van der Waals surface area contributed by atoms with Crippen molar-refractivity contribution in [2.75, 3.05) is 5.43 Å². The van der Waals surface area contributed by atoms with Gasteiger partial charge in [0.1, 0.15) is 5.82 Å². The quantitative estimate of drug-likeness (QED) is 0.574. The van der Waals surface area contributed by atoms with Crippen LogP contribution in [0.4, 0.5) is 5.82 Å². The number of carbonyl (C=O) groups excluding carboxylic acids is 1. The van der Waals surface area contributed by atoms with Gasteiger partial charge < -0.3 is 10.7 Å². The van der Waals surface area contributed by atoms with E-state index in [9.17, 15) is 4.79 Å². The number of anilines is 1. The molecule has 100 valence electrons. The topological polar surface area (TPSA) is 80.0 Å². The van der Waals surface area contributed by atoms with Gasteiger partial charge in [-0.25, -0.2) is 10.8 Å². The van der Waals surface area contributed by atoms with Crippen molar-refractivity contribution in [1.29, 1.82) is 0 Å². The molecule has 0 fully saturated rings. The van der Waals surface area contributed by atoms with Crippen LogP contribution in [0.5, 0.6) is 0 Å². The largest absolute Gasteiger partial charge is 0.349 e. The molecule has 0 aromatic carbocycles. The number of nitrogen functional groups attached to an aromatic ring is 1. The summed E-state index contributed by atoms with van der Waals surface area (Å²) in [5.74, 6) is 5.62. The fourth-order valence-corrected chi connectivity index (χ4v) is 2.57. The van der Waals surface area contributed by atoms with Crippen LogP contribution in [-0.2, 0) is 6.42 Å². The van der Waals surface area contributed by atoms with Gasteiger partial charge in [-0.3, -0.25) is 4.79 Å². The summed E-state index contributed by atoms with van der Waals surface area (Å²) in [5, 5.41) is 4.99. The number of thiophene rings is 1. The molecule has 0 spiro atoms. The molecule has 6 heteroatoms. The van der Waals surface area contributed by atoms with Crippen LogP contribution in [0.2, 0.25) is 0 Å². The van der Waals surface area contributed by atoms with Gasteiger partial charge in [-0.15, -0.1) is 11.3 Å². The second-order valence-corrected chi connectivity index (χ2v) is 5.26. The molecule has 1 unspecified atom stereocenters. The number of pyridine rings is 1. The molecule has 4 N–H and O–H groups in total. The average molecular weight is 276 g/mol. The minimum absolute atomic E-state index is 0.0774. The number of nitrogens with one attached hydrogen (secondary N) is 2. The number of hydrogen-bond donors (Lipinski definition) is 3. The normalized spacial score (nSPS) is 11.9. The molecule has 0 aliphatic heterocycles. The lowest BCUT2D eigenvalue weighted by molar-refractivity contribution is 0.0940. The maximum atomic E-state index is 12.0. The number of aromatic nitrogens is 1. The minimum atomic E-state index is -0.122. The molecule has 0 bridgehead atoms. The Morgan fingerprint density at radius 3 is 3.05 bits per heavy atom. The first-order valence-electron chi connectivity index (χ1n) is 5.95. The number of amides is 1. The molecule has 0 radical (unpaired) electrons. The standard InChI is InChI=1S/C13H16N4OS/c1-9(7-11-3-2-6-19-11)16-13(18)10-4-5-15-12(8-10)17-14/h2-6,8-9H,7,14H2,1H3,(H,15,17)(H,16,18). The fourth-order valence-electron chi connectivity index (χ4n) is 1.74. The highest BCUT2D eigenvalue weighted by atomic mass is 32.1. The average Bonchev–Trinajstić information content (AvgIpc) is 2.91. The maximum absolute atomic E-state index is 12.0. The summed E-state index contributed by atoms with van der Waals surface area (Å²) in [7, 11) is 0. The van der Waals surface area contributed by atoms with E-state index in [2.05, 4.69) is 21.8 Å². The summed E-state index contributed by atoms with van der Waals surface area (Å²) in [6.45, 7) is 1.99. The van der Waals surface area contributed by atoms with Crippen LogP contribution >= 0.6 is 11.3 Å². The van der Waals surface area contributed by atoms with Gasteiger partial charge in [0, 0.05) is 29.1 Å². The van der Waals surface area contributed by atoms with Gasteiger partial charge in [0.25, 0.3) is 5.91 Å². The molecule has 2 heterocycles. The highest BCUT2D eigenvalue weighted by Gasteiger charge is 2.11. The fraction of sp³-hybridized carbons (Fsp3) is 0.231. The van der Waals surface area contributed by atoms with Gasteiger partial charge in [-0.05, 0) is 30.5 Å². The molecule has 1 atom stereocenters. The van der Waals surface area contributed by atoms with Crippen LogP contribution in [0.1, 0.15) is 22.2 Å². The van der Waals surface area contributed by atoms with Crippen molar-refractivity contribution in [1.82, 2.24) is 10.3 Å². The summed E-state index contributed by atoms with van der Waals surface area (Å²) in [6, 6.07) is 7.43. The second kappa shape index (κ2) is 6.31. The van der Waals surface area contributed by atoms with E-state index < -0.39 is 0 Å². The molecule has 5 nitrogen and oxygen atoms in total. The molecular weight excluding hydrogens is 260 g/mol. The van der Waals surface area contributed by atoms with Crippen molar-refractivity contribution in [3.8, 4) is 0 Å². The van der Waals surface area contributed by atoms with Crippen LogP contribution < -0.4 is 16.6 Å². The molecule has 19 heavy (non-hydrogen) atoms. The van der Waals surface area contributed by atoms with Crippen molar-refractivity contribution in [2.24, 2.45) is 5.84 Å². The Balaban J connectivity index is 1.96. The smallest absolute Gasteiger partial charge is 0.251 e. The van der Waals surface area contributed by atoms with Gasteiger partial charge in [-0.1, -0.05) is 6.07 Å². The summed E-state index contributed by atoms with van der Waals surface area (Å²) < 4.78 is 0. The monoisotopic (exact) mass is 276 g/mol.